The summed E-state index contributed by atoms with van der Waals surface area (Å²) in [5, 5.41) is 2.03. The lowest BCUT2D eigenvalue weighted by Gasteiger charge is -2.19. The molecule has 1 atom stereocenters. The van der Waals surface area contributed by atoms with Gasteiger partial charge in [0.2, 0.25) is 0 Å². The number of hydrogen-bond donors (Lipinski definition) is 0. The Balaban J connectivity index is 1.92. The molecule has 2 heterocycles. The smallest absolute Gasteiger partial charge is 0.141 e. The molecular formula is C16H14ClNOS. The van der Waals surface area contributed by atoms with Crippen LogP contribution in [0.3, 0.4) is 0 Å². The van der Waals surface area contributed by atoms with Crippen molar-refractivity contribution in [3.63, 3.8) is 0 Å². The van der Waals surface area contributed by atoms with E-state index in [0.29, 0.717) is 5.88 Å². The van der Waals surface area contributed by atoms with Gasteiger partial charge >= 0.3 is 0 Å². The highest BCUT2D eigenvalue weighted by atomic mass is 35.5. The van der Waals surface area contributed by atoms with E-state index in [1.807, 2.05) is 35.7 Å². The van der Waals surface area contributed by atoms with Crippen molar-refractivity contribution in [1.82, 2.24) is 4.98 Å². The summed E-state index contributed by atoms with van der Waals surface area (Å²) >= 11 is 7.57. The maximum Gasteiger partial charge on any atom is 0.141 e. The third kappa shape index (κ3) is 2.79. The Morgan fingerprint density at radius 1 is 1.15 bits per heavy atom. The Morgan fingerprint density at radius 2 is 2.00 bits per heavy atom. The van der Waals surface area contributed by atoms with Crippen molar-refractivity contribution in [2.75, 3.05) is 5.88 Å². The summed E-state index contributed by atoms with van der Waals surface area (Å²) in [7, 11) is 0. The van der Waals surface area contributed by atoms with E-state index in [0.717, 1.165) is 28.0 Å². The van der Waals surface area contributed by atoms with Gasteiger partial charge in [-0.2, -0.15) is 0 Å². The predicted molar refractivity (Wildman–Crippen MR) is 84.8 cm³/mol. The van der Waals surface area contributed by atoms with Crippen LogP contribution in [0.15, 0.2) is 54.0 Å². The van der Waals surface area contributed by atoms with Crippen molar-refractivity contribution in [3.8, 4) is 5.75 Å². The van der Waals surface area contributed by atoms with Gasteiger partial charge in [0, 0.05) is 24.6 Å². The summed E-state index contributed by atoms with van der Waals surface area (Å²) in [5.74, 6) is 1.45. The lowest BCUT2D eigenvalue weighted by atomic mass is 10.1. The molecule has 0 aliphatic rings. The highest BCUT2D eigenvalue weighted by molar-refractivity contribution is 7.17. The van der Waals surface area contributed by atoms with Gasteiger partial charge in [0.1, 0.15) is 11.9 Å². The average Bonchev–Trinajstić information content (AvgIpc) is 2.97. The molecule has 0 aliphatic carbocycles. The van der Waals surface area contributed by atoms with Gasteiger partial charge in [0.15, 0.2) is 0 Å². The second-order valence-electron chi connectivity index (χ2n) is 4.44. The Labute approximate surface area is 127 Å². The number of rotatable bonds is 5. The Morgan fingerprint density at radius 3 is 2.80 bits per heavy atom. The quantitative estimate of drug-likeness (QED) is 0.616. The van der Waals surface area contributed by atoms with Crippen molar-refractivity contribution in [1.29, 1.82) is 0 Å². The second-order valence-corrected chi connectivity index (χ2v) is 5.73. The van der Waals surface area contributed by atoms with Gasteiger partial charge in [0.05, 0.1) is 10.2 Å². The number of halogens is 1. The molecule has 0 bridgehead atoms. The van der Waals surface area contributed by atoms with E-state index in [-0.39, 0.29) is 6.10 Å². The van der Waals surface area contributed by atoms with E-state index < -0.39 is 0 Å². The van der Waals surface area contributed by atoms with Gasteiger partial charge < -0.3 is 4.74 Å². The third-order valence-corrected chi connectivity index (χ3v) is 4.26. The van der Waals surface area contributed by atoms with E-state index in [2.05, 4.69) is 17.1 Å². The van der Waals surface area contributed by atoms with Crippen LogP contribution in [-0.2, 0) is 0 Å². The standard InChI is InChI=1S/C16H14ClNOS/c17-9-6-14(12-4-2-1-3-5-12)19-15-7-10-18-13-8-11-20-16(13)15/h1-5,7-8,10-11,14H,6,9H2. The zero-order valence-corrected chi connectivity index (χ0v) is 12.4. The van der Waals surface area contributed by atoms with Gasteiger partial charge in [-0.15, -0.1) is 22.9 Å². The van der Waals surface area contributed by atoms with E-state index in [1.165, 1.54) is 0 Å². The molecule has 0 radical (unpaired) electrons. The monoisotopic (exact) mass is 303 g/mol. The lowest BCUT2D eigenvalue weighted by Crippen LogP contribution is -2.08. The maximum atomic E-state index is 6.20. The molecule has 20 heavy (non-hydrogen) atoms. The first-order valence-corrected chi connectivity index (χ1v) is 7.89. The van der Waals surface area contributed by atoms with E-state index in [1.54, 1.807) is 17.5 Å². The molecule has 0 amide bonds. The topological polar surface area (TPSA) is 22.1 Å². The van der Waals surface area contributed by atoms with Gasteiger partial charge in [-0.3, -0.25) is 4.98 Å². The first-order chi connectivity index (χ1) is 9.88. The van der Waals surface area contributed by atoms with Crippen molar-refractivity contribution in [2.45, 2.75) is 12.5 Å². The molecule has 0 fully saturated rings. The molecule has 102 valence electrons. The summed E-state index contributed by atoms with van der Waals surface area (Å²) in [4.78, 5) is 4.33. The molecule has 1 aromatic carbocycles. The molecular weight excluding hydrogens is 290 g/mol. The second kappa shape index (κ2) is 6.25. The zero-order chi connectivity index (χ0) is 13.8. The highest BCUT2D eigenvalue weighted by Crippen LogP contribution is 2.33. The van der Waals surface area contributed by atoms with Crippen molar-refractivity contribution < 1.29 is 4.74 Å². The van der Waals surface area contributed by atoms with Crippen LogP contribution >= 0.6 is 22.9 Å². The number of fused-ring (bicyclic) bond motifs is 1. The maximum absolute atomic E-state index is 6.20. The molecule has 4 heteroatoms. The summed E-state index contributed by atoms with van der Waals surface area (Å²) in [6, 6.07) is 14.1. The molecule has 0 aliphatic heterocycles. The molecule has 3 rings (SSSR count). The van der Waals surface area contributed by atoms with Crippen LogP contribution in [0.5, 0.6) is 5.75 Å². The fourth-order valence-electron chi connectivity index (χ4n) is 2.16. The van der Waals surface area contributed by atoms with Crippen LogP contribution in [0.25, 0.3) is 10.2 Å². The van der Waals surface area contributed by atoms with E-state index >= 15 is 0 Å². The van der Waals surface area contributed by atoms with E-state index in [4.69, 9.17) is 16.3 Å². The fourth-order valence-corrected chi connectivity index (χ4v) is 3.16. The number of thiophene rings is 1. The number of alkyl halides is 1. The third-order valence-electron chi connectivity index (χ3n) is 3.12. The molecule has 2 nitrogen and oxygen atoms in total. The van der Waals surface area contributed by atoms with Crippen LogP contribution in [0.2, 0.25) is 0 Å². The van der Waals surface area contributed by atoms with Crippen LogP contribution in [0.1, 0.15) is 18.1 Å². The molecule has 0 spiro atoms. The van der Waals surface area contributed by atoms with Gasteiger partial charge in [-0.25, -0.2) is 0 Å². The Kier molecular flexibility index (Phi) is 4.19. The average molecular weight is 304 g/mol. The van der Waals surface area contributed by atoms with Gasteiger partial charge in [-0.1, -0.05) is 30.3 Å². The van der Waals surface area contributed by atoms with Crippen molar-refractivity contribution in [2.24, 2.45) is 0 Å². The van der Waals surface area contributed by atoms with Crippen LogP contribution in [0, 0.1) is 0 Å². The largest absolute Gasteiger partial charge is 0.484 e. The minimum Gasteiger partial charge on any atom is -0.484 e. The lowest BCUT2D eigenvalue weighted by molar-refractivity contribution is 0.205. The van der Waals surface area contributed by atoms with Crippen molar-refractivity contribution >= 4 is 33.2 Å². The summed E-state index contributed by atoms with van der Waals surface area (Å²) in [5.41, 5.74) is 2.12. The molecule has 2 aromatic heterocycles. The molecule has 0 N–H and O–H groups in total. The number of pyridine rings is 1. The summed E-state index contributed by atoms with van der Waals surface area (Å²) in [6.07, 6.45) is 2.54. The SMILES string of the molecule is ClCCC(Oc1ccnc2ccsc12)c1ccccc1. The molecule has 0 saturated heterocycles. The number of hydrogen-bond acceptors (Lipinski definition) is 3. The first-order valence-electron chi connectivity index (χ1n) is 6.48. The summed E-state index contributed by atoms with van der Waals surface area (Å²) < 4.78 is 7.28. The predicted octanol–water partition coefficient (Wildman–Crippen LogP) is 5.05. The first kappa shape index (κ1) is 13.4. The minimum atomic E-state index is -0.0265. The number of benzene rings is 1. The van der Waals surface area contributed by atoms with Crippen molar-refractivity contribution in [3.05, 3.63) is 59.6 Å². The number of ether oxygens (including phenoxy) is 1. The Hall–Kier alpha value is -1.58. The normalized spacial score (nSPS) is 12.4. The fraction of sp³-hybridized carbons (Fsp3) is 0.188. The van der Waals surface area contributed by atoms with Gasteiger partial charge in [-0.05, 0) is 17.0 Å². The summed E-state index contributed by atoms with van der Waals surface area (Å²) in [6.45, 7) is 0. The highest BCUT2D eigenvalue weighted by Gasteiger charge is 2.14. The van der Waals surface area contributed by atoms with Crippen LogP contribution in [-0.4, -0.2) is 10.9 Å². The van der Waals surface area contributed by atoms with Crippen LogP contribution < -0.4 is 4.74 Å². The number of aromatic nitrogens is 1. The minimum absolute atomic E-state index is 0.0265. The number of nitrogens with zero attached hydrogens (tertiary/aromatic N) is 1. The van der Waals surface area contributed by atoms with E-state index in [9.17, 15) is 0 Å². The zero-order valence-electron chi connectivity index (χ0n) is 10.8. The van der Waals surface area contributed by atoms with Gasteiger partial charge in [0.25, 0.3) is 0 Å². The Bertz CT molecular complexity index is 683. The van der Waals surface area contributed by atoms with Crippen LogP contribution in [0.4, 0.5) is 0 Å². The molecule has 1 unspecified atom stereocenters. The molecule has 3 aromatic rings. The molecule has 0 saturated carbocycles.